The minimum atomic E-state index is -0.637. The highest BCUT2D eigenvalue weighted by molar-refractivity contribution is 7.12. The second kappa shape index (κ2) is 8.50. The third-order valence-corrected chi connectivity index (χ3v) is 3.71. The quantitative estimate of drug-likeness (QED) is 0.620. The summed E-state index contributed by atoms with van der Waals surface area (Å²) in [6.45, 7) is -0.327. The van der Waals surface area contributed by atoms with E-state index in [1.807, 2.05) is 5.38 Å². The predicted octanol–water partition coefficient (Wildman–Crippen LogP) is 1.91. The Morgan fingerprint density at radius 1 is 1.17 bits per heavy atom. The Morgan fingerprint density at radius 2 is 1.92 bits per heavy atom. The highest BCUT2D eigenvalue weighted by Crippen LogP contribution is 2.14. The molecule has 0 radical (unpaired) electrons. The minimum Gasteiger partial charge on any atom is -0.452 e. The molecule has 0 saturated heterocycles. The predicted molar refractivity (Wildman–Crippen MR) is 90.8 cm³/mol. The number of terminal acetylenes is 1. The molecule has 2 rings (SSSR count). The first kappa shape index (κ1) is 17.2. The molecule has 0 aliphatic rings. The largest absolute Gasteiger partial charge is 0.452 e. The van der Waals surface area contributed by atoms with E-state index >= 15 is 0 Å². The molecule has 0 unspecified atom stereocenters. The van der Waals surface area contributed by atoms with Crippen LogP contribution in [-0.2, 0) is 9.53 Å². The molecule has 122 valence electrons. The fourth-order valence-electron chi connectivity index (χ4n) is 1.71. The van der Waals surface area contributed by atoms with Crippen molar-refractivity contribution in [3.05, 3.63) is 52.2 Å². The first-order chi connectivity index (χ1) is 11.6. The minimum absolute atomic E-state index is 0.0784. The molecule has 0 fully saturated rings. The normalized spacial score (nSPS) is 9.62. The molecule has 1 aromatic heterocycles. The van der Waals surface area contributed by atoms with Gasteiger partial charge in [-0.1, -0.05) is 12.0 Å². The Morgan fingerprint density at radius 3 is 2.54 bits per heavy atom. The molecule has 0 bridgehead atoms. The van der Waals surface area contributed by atoms with Gasteiger partial charge in [0.05, 0.1) is 17.0 Å². The van der Waals surface area contributed by atoms with Crippen LogP contribution in [0.1, 0.15) is 20.0 Å². The van der Waals surface area contributed by atoms with Gasteiger partial charge < -0.3 is 15.4 Å². The molecule has 0 atom stereocenters. The van der Waals surface area contributed by atoms with Gasteiger partial charge in [-0.05, 0) is 35.7 Å². The number of carbonyl (C=O) groups excluding carboxylic acids is 3. The maximum absolute atomic E-state index is 11.9. The number of esters is 1. The van der Waals surface area contributed by atoms with Crippen LogP contribution in [0.4, 0.5) is 5.69 Å². The zero-order chi connectivity index (χ0) is 17.4. The molecule has 2 amide bonds. The van der Waals surface area contributed by atoms with Gasteiger partial charge in [0, 0.05) is 5.69 Å². The summed E-state index contributed by atoms with van der Waals surface area (Å²) < 4.78 is 4.86. The van der Waals surface area contributed by atoms with Crippen molar-refractivity contribution >= 4 is 34.8 Å². The number of hydrogen-bond donors (Lipinski definition) is 2. The summed E-state index contributed by atoms with van der Waals surface area (Å²) >= 11 is 1.34. The van der Waals surface area contributed by atoms with Crippen LogP contribution in [-0.4, -0.2) is 30.9 Å². The Labute approximate surface area is 142 Å². The number of ether oxygens (including phenoxy) is 1. The molecule has 0 saturated carbocycles. The lowest BCUT2D eigenvalue weighted by Crippen LogP contribution is -2.28. The molecule has 24 heavy (non-hydrogen) atoms. The number of benzene rings is 1. The smallest absolute Gasteiger partial charge is 0.338 e. The number of rotatable bonds is 6. The van der Waals surface area contributed by atoms with Gasteiger partial charge >= 0.3 is 5.97 Å². The van der Waals surface area contributed by atoms with Crippen LogP contribution in [0.25, 0.3) is 0 Å². The van der Waals surface area contributed by atoms with Gasteiger partial charge in [0.15, 0.2) is 6.61 Å². The lowest BCUT2D eigenvalue weighted by atomic mass is 10.2. The van der Waals surface area contributed by atoms with E-state index in [4.69, 9.17) is 11.2 Å². The van der Waals surface area contributed by atoms with Gasteiger partial charge in [0.25, 0.3) is 11.8 Å². The number of hydrogen-bond acceptors (Lipinski definition) is 5. The van der Waals surface area contributed by atoms with E-state index < -0.39 is 18.5 Å². The van der Waals surface area contributed by atoms with E-state index in [1.54, 1.807) is 24.3 Å². The van der Waals surface area contributed by atoms with Crippen LogP contribution in [0.15, 0.2) is 41.8 Å². The number of carbonyl (C=O) groups is 3. The molecular weight excluding hydrogens is 328 g/mol. The lowest BCUT2D eigenvalue weighted by molar-refractivity contribution is -0.123. The van der Waals surface area contributed by atoms with Crippen molar-refractivity contribution in [2.45, 2.75) is 0 Å². The van der Waals surface area contributed by atoms with Crippen LogP contribution in [0.5, 0.6) is 0 Å². The summed E-state index contributed by atoms with van der Waals surface area (Å²) in [4.78, 5) is 35.6. The summed E-state index contributed by atoms with van der Waals surface area (Å²) in [7, 11) is 0. The van der Waals surface area contributed by atoms with Gasteiger partial charge in [0.1, 0.15) is 0 Å². The molecule has 2 N–H and O–H groups in total. The first-order valence-corrected chi connectivity index (χ1v) is 7.80. The second-order valence-corrected chi connectivity index (χ2v) is 5.51. The molecule has 1 heterocycles. The van der Waals surface area contributed by atoms with E-state index in [0.717, 1.165) is 0 Å². The zero-order valence-corrected chi connectivity index (χ0v) is 13.4. The third kappa shape index (κ3) is 4.97. The molecule has 1 aromatic carbocycles. The van der Waals surface area contributed by atoms with Crippen molar-refractivity contribution in [3.8, 4) is 12.3 Å². The van der Waals surface area contributed by atoms with Crippen LogP contribution >= 0.6 is 11.3 Å². The average Bonchev–Trinajstić information content (AvgIpc) is 3.13. The van der Waals surface area contributed by atoms with Crippen molar-refractivity contribution < 1.29 is 19.1 Å². The summed E-state index contributed by atoms with van der Waals surface area (Å²) in [6, 6.07) is 9.69. The standard InChI is InChI=1S/C17H14N2O4S/c1-2-9-18-15(20)11-23-17(22)12-5-7-13(8-6-12)19-16(21)14-4-3-10-24-14/h1,3-8,10H,9,11H2,(H,18,20)(H,19,21). The Kier molecular flexibility index (Phi) is 6.11. The van der Waals surface area contributed by atoms with Gasteiger partial charge in [-0.2, -0.15) is 0 Å². The second-order valence-electron chi connectivity index (χ2n) is 4.57. The van der Waals surface area contributed by atoms with Gasteiger partial charge in [-0.15, -0.1) is 17.8 Å². The van der Waals surface area contributed by atoms with Crippen LogP contribution in [0, 0.1) is 12.3 Å². The maximum Gasteiger partial charge on any atom is 0.338 e. The topological polar surface area (TPSA) is 84.5 Å². The van der Waals surface area contributed by atoms with Gasteiger partial charge in [-0.3, -0.25) is 9.59 Å². The average molecular weight is 342 g/mol. The van der Waals surface area contributed by atoms with E-state index in [2.05, 4.69) is 16.6 Å². The molecule has 2 aromatic rings. The van der Waals surface area contributed by atoms with E-state index in [-0.39, 0.29) is 18.0 Å². The van der Waals surface area contributed by atoms with Gasteiger partial charge in [0.2, 0.25) is 0 Å². The fourth-order valence-corrected chi connectivity index (χ4v) is 2.32. The Balaban J connectivity index is 1.87. The summed E-state index contributed by atoms with van der Waals surface area (Å²) in [5.74, 6) is 0.918. The molecule has 0 spiro atoms. The Hall–Kier alpha value is -3.11. The summed E-state index contributed by atoms with van der Waals surface area (Å²) in [5.41, 5.74) is 0.825. The molecule has 6 nitrogen and oxygen atoms in total. The first-order valence-electron chi connectivity index (χ1n) is 6.92. The Bertz CT molecular complexity index is 761. The maximum atomic E-state index is 11.9. The van der Waals surface area contributed by atoms with Crippen molar-refractivity contribution in [1.29, 1.82) is 0 Å². The molecular formula is C17H14N2O4S. The fraction of sp³-hybridized carbons (Fsp3) is 0.118. The van der Waals surface area contributed by atoms with Crippen LogP contribution in [0.3, 0.4) is 0 Å². The van der Waals surface area contributed by atoms with E-state index in [9.17, 15) is 14.4 Å². The van der Waals surface area contributed by atoms with Crippen LogP contribution in [0.2, 0.25) is 0 Å². The van der Waals surface area contributed by atoms with Crippen molar-refractivity contribution in [2.75, 3.05) is 18.5 Å². The number of thiophene rings is 1. The van der Waals surface area contributed by atoms with Crippen molar-refractivity contribution in [1.82, 2.24) is 5.32 Å². The van der Waals surface area contributed by atoms with E-state index in [0.29, 0.717) is 10.6 Å². The number of anilines is 1. The highest BCUT2D eigenvalue weighted by Gasteiger charge is 2.11. The molecule has 0 aliphatic heterocycles. The monoisotopic (exact) mass is 342 g/mol. The summed E-state index contributed by atoms with van der Waals surface area (Å²) in [6.07, 6.45) is 5.00. The van der Waals surface area contributed by atoms with Crippen LogP contribution < -0.4 is 10.6 Å². The SMILES string of the molecule is C#CCNC(=O)COC(=O)c1ccc(NC(=O)c2cccs2)cc1. The number of nitrogens with one attached hydrogen (secondary N) is 2. The molecule has 0 aliphatic carbocycles. The number of amides is 2. The van der Waals surface area contributed by atoms with Crippen molar-refractivity contribution in [2.24, 2.45) is 0 Å². The molecule has 7 heteroatoms. The highest BCUT2D eigenvalue weighted by atomic mass is 32.1. The summed E-state index contributed by atoms with van der Waals surface area (Å²) in [5, 5.41) is 6.92. The van der Waals surface area contributed by atoms with E-state index in [1.165, 1.54) is 23.5 Å². The third-order valence-electron chi connectivity index (χ3n) is 2.85. The van der Waals surface area contributed by atoms with Crippen molar-refractivity contribution in [3.63, 3.8) is 0 Å². The lowest BCUT2D eigenvalue weighted by Gasteiger charge is -2.06. The van der Waals surface area contributed by atoms with Gasteiger partial charge in [-0.25, -0.2) is 4.79 Å². The zero-order valence-electron chi connectivity index (χ0n) is 12.6.